The molecule has 8 heteroatoms. The van der Waals surface area contributed by atoms with Crippen LogP contribution in [-0.4, -0.2) is 39.2 Å². The van der Waals surface area contributed by atoms with Crippen molar-refractivity contribution >= 4 is 16.9 Å². The first-order valence-electron chi connectivity index (χ1n) is 10.7. The third kappa shape index (κ3) is 5.93. The SMILES string of the molecule is Cc1cnc(-c2ccc(F)cc2)nc1CNCCCOc1ccc2[nH]c(CC(=O)O)cc2c1. The number of hydrogen-bond acceptors (Lipinski definition) is 5. The first-order valence-corrected chi connectivity index (χ1v) is 10.7. The highest BCUT2D eigenvalue weighted by atomic mass is 19.1. The van der Waals surface area contributed by atoms with Crippen molar-refractivity contribution < 1.29 is 19.0 Å². The van der Waals surface area contributed by atoms with Crippen LogP contribution in [0.25, 0.3) is 22.3 Å². The van der Waals surface area contributed by atoms with E-state index in [1.54, 1.807) is 18.3 Å². The van der Waals surface area contributed by atoms with Crippen LogP contribution in [0.2, 0.25) is 0 Å². The van der Waals surface area contributed by atoms with Gasteiger partial charge in [-0.15, -0.1) is 0 Å². The summed E-state index contributed by atoms with van der Waals surface area (Å²) < 4.78 is 19.0. The molecule has 0 unspecified atom stereocenters. The zero-order chi connectivity index (χ0) is 23.2. The monoisotopic (exact) mass is 448 g/mol. The number of carboxylic acid groups (broad SMARTS) is 1. The number of carbonyl (C=O) groups is 1. The Kier molecular flexibility index (Phi) is 6.95. The number of H-pyrrole nitrogens is 1. The summed E-state index contributed by atoms with van der Waals surface area (Å²) in [4.78, 5) is 22.9. The second-order valence-electron chi connectivity index (χ2n) is 7.82. The number of benzene rings is 2. The van der Waals surface area contributed by atoms with Gasteiger partial charge in [0.2, 0.25) is 0 Å². The Morgan fingerprint density at radius 1 is 1.18 bits per heavy atom. The van der Waals surface area contributed by atoms with Crippen molar-refractivity contribution in [2.75, 3.05) is 13.2 Å². The van der Waals surface area contributed by atoms with Crippen LogP contribution in [0.15, 0.2) is 54.7 Å². The first-order chi connectivity index (χ1) is 16.0. The lowest BCUT2D eigenvalue weighted by molar-refractivity contribution is -0.136. The van der Waals surface area contributed by atoms with Gasteiger partial charge in [0, 0.05) is 34.9 Å². The number of ether oxygens (including phenoxy) is 1. The predicted octanol–water partition coefficient (Wildman–Crippen LogP) is 4.26. The molecule has 0 bridgehead atoms. The second-order valence-corrected chi connectivity index (χ2v) is 7.82. The highest BCUT2D eigenvalue weighted by Crippen LogP contribution is 2.22. The molecule has 170 valence electrons. The van der Waals surface area contributed by atoms with Gasteiger partial charge in [-0.25, -0.2) is 14.4 Å². The maximum absolute atomic E-state index is 13.2. The zero-order valence-corrected chi connectivity index (χ0v) is 18.3. The predicted molar refractivity (Wildman–Crippen MR) is 124 cm³/mol. The molecule has 0 amide bonds. The fourth-order valence-corrected chi connectivity index (χ4v) is 3.51. The van der Waals surface area contributed by atoms with Crippen molar-refractivity contribution in [3.05, 3.63) is 77.5 Å². The van der Waals surface area contributed by atoms with E-state index in [4.69, 9.17) is 9.84 Å². The van der Waals surface area contributed by atoms with Crippen LogP contribution >= 0.6 is 0 Å². The normalized spacial score (nSPS) is 11.1. The Morgan fingerprint density at radius 2 is 2.00 bits per heavy atom. The molecule has 0 atom stereocenters. The number of nitrogens with one attached hydrogen (secondary N) is 2. The molecule has 2 aromatic carbocycles. The van der Waals surface area contributed by atoms with Crippen LogP contribution in [0.1, 0.15) is 23.4 Å². The maximum Gasteiger partial charge on any atom is 0.309 e. The van der Waals surface area contributed by atoms with Crippen molar-refractivity contribution in [3.63, 3.8) is 0 Å². The van der Waals surface area contributed by atoms with E-state index in [-0.39, 0.29) is 12.2 Å². The minimum atomic E-state index is -0.866. The molecule has 3 N–H and O–H groups in total. The number of hydrogen-bond donors (Lipinski definition) is 3. The Labute approximate surface area is 190 Å². The summed E-state index contributed by atoms with van der Waals surface area (Å²) in [6, 6.07) is 13.7. The quantitative estimate of drug-likeness (QED) is 0.314. The summed E-state index contributed by atoms with van der Waals surface area (Å²) >= 11 is 0. The summed E-state index contributed by atoms with van der Waals surface area (Å²) in [6.07, 6.45) is 2.56. The lowest BCUT2D eigenvalue weighted by Gasteiger charge is -2.10. The Hall–Kier alpha value is -3.78. The van der Waals surface area contributed by atoms with E-state index in [1.165, 1.54) is 12.1 Å². The summed E-state index contributed by atoms with van der Waals surface area (Å²) in [5.74, 6) is 0.173. The van der Waals surface area contributed by atoms with Gasteiger partial charge in [0.25, 0.3) is 0 Å². The number of fused-ring (bicyclic) bond motifs is 1. The largest absolute Gasteiger partial charge is 0.494 e. The van der Waals surface area contributed by atoms with Crippen molar-refractivity contribution in [2.24, 2.45) is 0 Å². The van der Waals surface area contributed by atoms with Gasteiger partial charge in [-0.1, -0.05) is 0 Å². The van der Waals surface area contributed by atoms with Gasteiger partial charge in [-0.3, -0.25) is 4.79 Å². The van der Waals surface area contributed by atoms with Crippen LogP contribution in [0.5, 0.6) is 5.75 Å². The highest BCUT2D eigenvalue weighted by molar-refractivity contribution is 5.83. The third-order valence-corrected chi connectivity index (χ3v) is 5.23. The molecular weight excluding hydrogens is 423 g/mol. The number of aliphatic carboxylic acids is 1. The van der Waals surface area contributed by atoms with Crippen LogP contribution in [0.4, 0.5) is 4.39 Å². The fraction of sp³-hybridized carbons (Fsp3) is 0.240. The molecule has 33 heavy (non-hydrogen) atoms. The average molecular weight is 448 g/mol. The number of rotatable bonds is 10. The van der Waals surface area contributed by atoms with Crippen LogP contribution < -0.4 is 10.1 Å². The number of halogens is 1. The van der Waals surface area contributed by atoms with Gasteiger partial charge in [-0.2, -0.15) is 0 Å². The molecular formula is C25H25FN4O3. The van der Waals surface area contributed by atoms with Gasteiger partial charge in [-0.05, 0) is 74.0 Å². The fourth-order valence-electron chi connectivity index (χ4n) is 3.51. The van der Waals surface area contributed by atoms with Gasteiger partial charge in [0.15, 0.2) is 5.82 Å². The van der Waals surface area contributed by atoms with E-state index in [1.807, 2.05) is 31.2 Å². The summed E-state index contributed by atoms with van der Waals surface area (Å²) in [6.45, 7) is 3.87. The summed E-state index contributed by atoms with van der Waals surface area (Å²) in [7, 11) is 0. The Morgan fingerprint density at radius 3 is 2.79 bits per heavy atom. The van der Waals surface area contributed by atoms with Crippen molar-refractivity contribution in [1.82, 2.24) is 20.3 Å². The topological polar surface area (TPSA) is 100 Å². The van der Waals surface area contributed by atoms with Crippen LogP contribution in [0, 0.1) is 12.7 Å². The van der Waals surface area contributed by atoms with Crippen LogP contribution in [0.3, 0.4) is 0 Å². The number of aromatic nitrogens is 3. The average Bonchev–Trinajstić information content (AvgIpc) is 3.18. The van der Waals surface area contributed by atoms with E-state index in [0.29, 0.717) is 24.7 Å². The van der Waals surface area contributed by atoms with E-state index in [0.717, 1.165) is 46.4 Å². The maximum atomic E-state index is 13.2. The van der Waals surface area contributed by atoms with Gasteiger partial charge < -0.3 is 20.1 Å². The number of carboxylic acids is 1. The van der Waals surface area contributed by atoms with Gasteiger partial charge in [0.1, 0.15) is 11.6 Å². The summed E-state index contributed by atoms with van der Waals surface area (Å²) in [5, 5.41) is 13.2. The number of aromatic amines is 1. The lowest BCUT2D eigenvalue weighted by Crippen LogP contribution is -2.18. The minimum Gasteiger partial charge on any atom is -0.494 e. The van der Waals surface area contributed by atoms with Crippen molar-refractivity contribution in [2.45, 2.75) is 26.3 Å². The zero-order valence-electron chi connectivity index (χ0n) is 18.3. The van der Waals surface area contributed by atoms with Gasteiger partial charge in [0.05, 0.1) is 18.7 Å². The molecule has 4 aromatic rings. The second kappa shape index (κ2) is 10.2. The molecule has 0 aliphatic rings. The summed E-state index contributed by atoms with van der Waals surface area (Å²) in [5.41, 5.74) is 4.23. The van der Waals surface area contributed by atoms with Crippen molar-refractivity contribution in [3.8, 4) is 17.1 Å². The number of aryl methyl sites for hydroxylation is 1. The highest BCUT2D eigenvalue weighted by Gasteiger charge is 2.08. The number of nitrogens with zero attached hydrogens (tertiary/aromatic N) is 2. The van der Waals surface area contributed by atoms with Crippen molar-refractivity contribution in [1.29, 1.82) is 0 Å². The van der Waals surface area contributed by atoms with E-state index >= 15 is 0 Å². The smallest absolute Gasteiger partial charge is 0.309 e. The molecule has 4 rings (SSSR count). The Bertz CT molecular complexity index is 1250. The standard InChI is InChI=1S/C25H25FN4O3/c1-16-14-28-25(17-3-5-19(26)6-4-17)30-23(16)15-27-9-2-10-33-21-7-8-22-18(12-21)11-20(29-22)13-24(31)32/h3-8,11-12,14,27,29H,2,9-10,13,15H2,1H3,(H,31,32). The molecule has 0 spiro atoms. The first kappa shape index (κ1) is 22.4. The molecule has 0 saturated heterocycles. The Balaban J connectivity index is 1.25. The molecule has 0 aliphatic heterocycles. The van der Waals surface area contributed by atoms with Crippen LogP contribution in [-0.2, 0) is 17.8 Å². The van der Waals surface area contributed by atoms with E-state index < -0.39 is 5.97 Å². The molecule has 2 heterocycles. The molecule has 0 radical (unpaired) electrons. The molecule has 0 saturated carbocycles. The van der Waals surface area contributed by atoms with E-state index in [2.05, 4.69) is 20.3 Å². The molecule has 0 aliphatic carbocycles. The molecule has 0 fully saturated rings. The molecule has 7 nitrogen and oxygen atoms in total. The molecule has 2 aromatic heterocycles. The van der Waals surface area contributed by atoms with Gasteiger partial charge >= 0.3 is 5.97 Å². The minimum absolute atomic E-state index is 0.0340. The lowest BCUT2D eigenvalue weighted by atomic mass is 10.2. The third-order valence-electron chi connectivity index (χ3n) is 5.23. The van der Waals surface area contributed by atoms with E-state index in [9.17, 15) is 9.18 Å².